The van der Waals surface area contributed by atoms with Crippen molar-refractivity contribution in [3.8, 4) is 0 Å². The summed E-state index contributed by atoms with van der Waals surface area (Å²) in [7, 11) is 0. The molecule has 0 radical (unpaired) electrons. The highest BCUT2D eigenvalue weighted by Crippen LogP contribution is 2.29. The van der Waals surface area contributed by atoms with E-state index in [2.05, 4.69) is 38.2 Å². The van der Waals surface area contributed by atoms with Gasteiger partial charge >= 0.3 is 0 Å². The largest absolute Gasteiger partial charge is 0.309 e. The van der Waals surface area contributed by atoms with Crippen molar-refractivity contribution < 1.29 is 0 Å². The van der Waals surface area contributed by atoms with Crippen LogP contribution in [-0.2, 0) is 6.42 Å². The minimum absolute atomic E-state index is 0.523. The molecule has 0 amide bonds. The van der Waals surface area contributed by atoms with Crippen LogP contribution >= 0.6 is 11.3 Å². The number of rotatable bonds is 5. The molecular formula is C16H27NS. The zero-order valence-electron chi connectivity index (χ0n) is 12.0. The smallest absolute Gasteiger partial charge is 0.0386 e. The third kappa shape index (κ3) is 3.83. The number of aryl methyl sites for hydroxylation is 1. The topological polar surface area (TPSA) is 12.0 Å². The molecule has 1 aromatic rings. The molecule has 102 valence electrons. The Morgan fingerprint density at radius 3 is 2.61 bits per heavy atom. The summed E-state index contributed by atoms with van der Waals surface area (Å²) in [5, 5.41) is 3.73. The maximum atomic E-state index is 3.73. The second kappa shape index (κ2) is 6.72. The van der Waals surface area contributed by atoms with Gasteiger partial charge < -0.3 is 5.32 Å². The molecule has 2 rings (SSSR count). The molecule has 2 heteroatoms. The first-order valence-electron chi connectivity index (χ1n) is 7.51. The lowest BCUT2D eigenvalue weighted by Crippen LogP contribution is -2.27. The van der Waals surface area contributed by atoms with Crippen molar-refractivity contribution in [3.05, 3.63) is 21.9 Å². The zero-order valence-corrected chi connectivity index (χ0v) is 12.9. The molecule has 1 atom stereocenters. The fraction of sp³-hybridized carbons (Fsp3) is 0.750. The van der Waals surface area contributed by atoms with Crippen LogP contribution in [0.15, 0.2) is 12.1 Å². The van der Waals surface area contributed by atoms with Gasteiger partial charge in [0.15, 0.2) is 0 Å². The van der Waals surface area contributed by atoms with Gasteiger partial charge in [-0.3, -0.25) is 0 Å². The number of hydrogen-bond acceptors (Lipinski definition) is 2. The third-order valence-electron chi connectivity index (χ3n) is 4.31. The molecule has 1 aliphatic carbocycles. The molecule has 1 unspecified atom stereocenters. The van der Waals surface area contributed by atoms with Gasteiger partial charge in [0.1, 0.15) is 0 Å². The predicted octanol–water partition coefficient (Wildman–Crippen LogP) is 4.79. The van der Waals surface area contributed by atoms with E-state index in [1.54, 1.807) is 0 Å². The van der Waals surface area contributed by atoms with Crippen molar-refractivity contribution in [1.82, 2.24) is 5.32 Å². The van der Waals surface area contributed by atoms with E-state index in [-0.39, 0.29) is 0 Å². The molecule has 1 nitrogen and oxygen atoms in total. The molecule has 1 aromatic heterocycles. The van der Waals surface area contributed by atoms with Crippen LogP contribution in [0.4, 0.5) is 0 Å². The van der Waals surface area contributed by atoms with Gasteiger partial charge in [0.05, 0.1) is 0 Å². The molecule has 1 saturated carbocycles. The average Bonchev–Trinajstić information content (AvgIpc) is 2.86. The Balaban J connectivity index is 1.75. The Hall–Kier alpha value is -0.340. The lowest BCUT2D eigenvalue weighted by Gasteiger charge is -2.27. The summed E-state index contributed by atoms with van der Waals surface area (Å²) >= 11 is 1.97. The molecule has 0 saturated heterocycles. The van der Waals surface area contributed by atoms with Crippen molar-refractivity contribution in [1.29, 1.82) is 0 Å². The molecule has 1 fully saturated rings. The van der Waals surface area contributed by atoms with Gasteiger partial charge in [-0.15, -0.1) is 11.3 Å². The summed E-state index contributed by atoms with van der Waals surface area (Å²) in [4.78, 5) is 3.00. The Morgan fingerprint density at radius 1 is 1.28 bits per heavy atom. The van der Waals surface area contributed by atoms with Crippen molar-refractivity contribution >= 4 is 11.3 Å². The number of thiophene rings is 1. The summed E-state index contributed by atoms with van der Waals surface area (Å²) < 4.78 is 0. The maximum absolute atomic E-state index is 3.73. The fourth-order valence-corrected chi connectivity index (χ4v) is 3.77. The lowest BCUT2D eigenvalue weighted by molar-refractivity contribution is 0.276. The molecule has 18 heavy (non-hydrogen) atoms. The van der Waals surface area contributed by atoms with Crippen molar-refractivity contribution in [3.63, 3.8) is 0 Å². The van der Waals surface area contributed by atoms with Crippen LogP contribution in [0.2, 0.25) is 0 Å². The Kier molecular flexibility index (Phi) is 5.25. The van der Waals surface area contributed by atoms with Crippen LogP contribution < -0.4 is 5.32 Å². The Morgan fingerprint density at radius 2 is 2.00 bits per heavy atom. The van der Waals surface area contributed by atoms with E-state index < -0.39 is 0 Å². The monoisotopic (exact) mass is 265 g/mol. The predicted molar refractivity (Wildman–Crippen MR) is 81.2 cm³/mol. The summed E-state index contributed by atoms with van der Waals surface area (Å²) in [5.74, 6) is 1.87. The Bertz CT molecular complexity index is 350. The van der Waals surface area contributed by atoms with Gasteiger partial charge in [-0.05, 0) is 56.7 Å². The fourth-order valence-electron chi connectivity index (χ4n) is 2.79. The summed E-state index contributed by atoms with van der Waals surface area (Å²) in [6, 6.07) is 5.10. The molecule has 1 N–H and O–H groups in total. The highest BCUT2D eigenvalue weighted by molar-refractivity contribution is 7.12. The molecule has 0 spiro atoms. The van der Waals surface area contributed by atoms with E-state index in [0.29, 0.717) is 6.04 Å². The molecule has 0 aromatic carbocycles. The first kappa shape index (κ1) is 14.1. The second-order valence-electron chi connectivity index (χ2n) is 5.91. The zero-order chi connectivity index (χ0) is 13.0. The van der Waals surface area contributed by atoms with E-state index in [9.17, 15) is 0 Å². The van der Waals surface area contributed by atoms with Crippen molar-refractivity contribution in [2.45, 2.75) is 58.9 Å². The molecule has 1 heterocycles. The summed E-state index contributed by atoms with van der Waals surface area (Å²) in [5.41, 5.74) is 0. The van der Waals surface area contributed by atoms with Gasteiger partial charge in [0.25, 0.3) is 0 Å². The summed E-state index contributed by atoms with van der Waals surface area (Å²) in [6.45, 7) is 8.13. The first-order chi connectivity index (χ1) is 8.69. The lowest BCUT2D eigenvalue weighted by atomic mass is 9.83. The number of nitrogens with one attached hydrogen (secondary N) is 1. The highest BCUT2D eigenvalue weighted by atomic mass is 32.1. The highest BCUT2D eigenvalue weighted by Gasteiger charge is 2.18. The first-order valence-corrected chi connectivity index (χ1v) is 8.32. The van der Waals surface area contributed by atoms with Gasteiger partial charge in [0, 0.05) is 15.8 Å². The van der Waals surface area contributed by atoms with Crippen LogP contribution in [0.25, 0.3) is 0 Å². The minimum Gasteiger partial charge on any atom is -0.309 e. The van der Waals surface area contributed by atoms with Crippen LogP contribution in [0.3, 0.4) is 0 Å². The van der Waals surface area contributed by atoms with Crippen molar-refractivity contribution in [2.24, 2.45) is 11.8 Å². The van der Waals surface area contributed by atoms with Gasteiger partial charge in [-0.2, -0.15) is 0 Å². The van der Waals surface area contributed by atoms with Crippen LogP contribution in [-0.4, -0.2) is 6.54 Å². The normalized spacial score (nSPS) is 26.2. The maximum Gasteiger partial charge on any atom is 0.0386 e. The molecule has 0 bridgehead atoms. The Labute approximate surface area is 116 Å². The van der Waals surface area contributed by atoms with E-state index in [1.807, 2.05) is 11.3 Å². The standard InChI is InChI=1S/C16H27NS/c1-4-15-9-10-16(18-15)13(3)17-11-14-7-5-12(2)6-8-14/h9-10,12-14,17H,4-8,11H2,1-3H3. The second-order valence-corrected chi connectivity index (χ2v) is 7.11. The van der Waals surface area contributed by atoms with E-state index in [0.717, 1.165) is 18.3 Å². The quantitative estimate of drug-likeness (QED) is 0.807. The van der Waals surface area contributed by atoms with Gasteiger partial charge in [0.2, 0.25) is 0 Å². The van der Waals surface area contributed by atoms with E-state index >= 15 is 0 Å². The number of hydrogen-bond donors (Lipinski definition) is 1. The minimum atomic E-state index is 0.523. The van der Waals surface area contributed by atoms with Crippen LogP contribution in [0.5, 0.6) is 0 Å². The molecular weight excluding hydrogens is 238 g/mol. The molecule has 0 aliphatic heterocycles. The molecule has 1 aliphatic rings. The van der Waals surface area contributed by atoms with Gasteiger partial charge in [-0.25, -0.2) is 0 Å². The van der Waals surface area contributed by atoms with Crippen LogP contribution in [0, 0.1) is 11.8 Å². The van der Waals surface area contributed by atoms with E-state index in [4.69, 9.17) is 0 Å². The van der Waals surface area contributed by atoms with E-state index in [1.165, 1.54) is 42.0 Å². The van der Waals surface area contributed by atoms with Crippen molar-refractivity contribution in [2.75, 3.05) is 6.54 Å². The summed E-state index contributed by atoms with van der Waals surface area (Å²) in [6.07, 6.45) is 6.87. The van der Waals surface area contributed by atoms with Gasteiger partial charge in [-0.1, -0.05) is 26.7 Å². The third-order valence-corrected chi connectivity index (χ3v) is 5.72. The SMILES string of the molecule is CCc1ccc(C(C)NCC2CCC(C)CC2)s1. The average molecular weight is 265 g/mol. The van der Waals surface area contributed by atoms with Crippen LogP contribution in [0.1, 0.15) is 62.3 Å².